The van der Waals surface area contributed by atoms with Crippen molar-refractivity contribution in [3.05, 3.63) is 0 Å². The molecule has 0 saturated heterocycles. The van der Waals surface area contributed by atoms with E-state index in [1.54, 1.807) is 6.92 Å². The molecule has 0 heterocycles. The van der Waals surface area contributed by atoms with Crippen LogP contribution >= 0.6 is 0 Å². The van der Waals surface area contributed by atoms with E-state index in [9.17, 15) is 9.59 Å². The number of hydrogen-bond donors (Lipinski definition) is 0. The van der Waals surface area contributed by atoms with Crippen molar-refractivity contribution in [3.63, 3.8) is 0 Å². The molecular formula is C20H38O9. The van der Waals surface area contributed by atoms with Gasteiger partial charge in [0.1, 0.15) is 5.60 Å². The molecule has 29 heavy (non-hydrogen) atoms. The summed E-state index contributed by atoms with van der Waals surface area (Å²) >= 11 is 0. The Morgan fingerprint density at radius 1 is 0.586 bits per heavy atom. The average molecular weight is 423 g/mol. The molecule has 0 aromatic heterocycles. The highest BCUT2D eigenvalue weighted by Crippen LogP contribution is 2.07. The Morgan fingerprint density at radius 3 is 1.28 bits per heavy atom. The van der Waals surface area contributed by atoms with Crippen molar-refractivity contribution >= 4 is 11.9 Å². The van der Waals surface area contributed by atoms with Gasteiger partial charge in [-0.05, 0) is 27.7 Å². The third kappa shape index (κ3) is 22.9. The molecule has 0 aromatic carbocycles. The van der Waals surface area contributed by atoms with Crippen LogP contribution in [0.15, 0.2) is 0 Å². The third-order valence-electron chi connectivity index (χ3n) is 3.11. The second-order valence-electron chi connectivity index (χ2n) is 6.95. The van der Waals surface area contributed by atoms with E-state index in [0.29, 0.717) is 72.7 Å². The van der Waals surface area contributed by atoms with Crippen LogP contribution in [0.2, 0.25) is 0 Å². The Balaban J connectivity index is 3.17. The van der Waals surface area contributed by atoms with Gasteiger partial charge in [-0.1, -0.05) is 0 Å². The van der Waals surface area contributed by atoms with Gasteiger partial charge >= 0.3 is 11.9 Å². The highest BCUT2D eigenvalue weighted by molar-refractivity contribution is 5.70. The van der Waals surface area contributed by atoms with E-state index in [1.807, 2.05) is 20.8 Å². The van der Waals surface area contributed by atoms with E-state index in [-0.39, 0.29) is 24.8 Å². The van der Waals surface area contributed by atoms with Crippen LogP contribution < -0.4 is 0 Å². The molecule has 0 aliphatic carbocycles. The van der Waals surface area contributed by atoms with E-state index >= 15 is 0 Å². The van der Waals surface area contributed by atoms with Crippen molar-refractivity contribution in [3.8, 4) is 0 Å². The topological polar surface area (TPSA) is 98.8 Å². The molecular weight excluding hydrogens is 384 g/mol. The molecule has 0 spiro atoms. The Kier molecular flexibility index (Phi) is 17.9. The summed E-state index contributed by atoms with van der Waals surface area (Å²) in [5, 5.41) is 0. The smallest absolute Gasteiger partial charge is 0.308 e. The molecule has 0 aliphatic heterocycles. The van der Waals surface area contributed by atoms with Gasteiger partial charge in [0.2, 0.25) is 0 Å². The van der Waals surface area contributed by atoms with Gasteiger partial charge in [-0.2, -0.15) is 0 Å². The van der Waals surface area contributed by atoms with Crippen LogP contribution in [0.4, 0.5) is 0 Å². The number of esters is 2. The molecule has 0 amide bonds. The van der Waals surface area contributed by atoms with Crippen molar-refractivity contribution in [1.82, 2.24) is 0 Å². The Labute approximate surface area is 174 Å². The molecule has 0 rings (SSSR count). The molecule has 0 atom stereocenters. The Bertz CT molecular complexity index is 407. The maximum Gasteiger partial charge on any atom is 0.308 e. The molecule has 172 valence electrons. The van der Waals surface area contributed by atoms with Gasteiger partial charge < -0.3 is 33.2 Å². The van der Waals surface area contributed by atoms with E-state index in [0.717, 1.165) is 0 Å². The van der Waals surface area contributed by atoms with Crippen molar-refractivity contribution < 1.29 is 42.7 Å². The molecule has 0 radical (unpaired) electrons. The monoisotopic (exact) mass is 422 g/mol. The van der Waals surface area contributed by atoms with Crippen LogP contribution in [0.5, 0.6) is 0 Å². The minimum atomic E-state index is -0.468. The van der Waals surface area contributed by atoms with E-state index in [2.05, 4.69) is 0 Å². The third-order valence-corrected chi connectivity index (χ3v) is 3.11. The lowest BCUT2D eigenvalue weighted by Gasteiger charge is -2.19. The minimum Gasteiger partial charge on any atom is -0.466 e. The first kappa shape index (κ1) is 27.7. The Morgan fingerprint density at radius 2 is 0.931 bits per heavy atom. The van der Waals surface area contributed by atoms with Crippen molar-refractivity contribution in [2.24, 2.45) is 0 Å². The predicted octanol–water partition coefficient (Wildman–Crippen LogP) is 1.75. The molecule has 0 aliphatic rings. The number of ether oxygens (including phenoxy) is 7. The van der Waals surface area contributed by atoms with Gasteiger partial charge in [0, 0.05) is 0 Å². The summed E-state index contributed by atoms with van der Waals surface area (Å²) in [6.45, 7) is 11.9. The molecule has 0 bridgehead atoms. The van der Waals surface area contributed by atoms with E-state index < -0.39 is 5.60 Å². The quantitative estimate of drug-likeness (QED) is 0.228. The summed E-state index contributed by atoms with van der Waals surface area (Å²) in [5.41, 5.74) is -0.468. The van der Waals surface area contributed by atoms with Crippen LogP contribution in [0.25, 0.3) is 0 Å². The average Bonchev–Trinajstić information content (AvgIpc) is 2.63. The number of rotatable bonds is 19. The molecule has 9 nitrogen and oxygen atoms in total. The lowest BCUT2D eigenvalue weighted by atomic mass is 10.2. The van der Waals surface area contributed by atoms with Gasteiger partial charge in [-0.3, -0.25) is 9.59 Å². The maximum absolute atomic E-state index is 11.5. The minimum absolute atomic E-state index is 0.233. The standard InChI is InChI=1S/C20H38O9/c1-5-28-18(21)6-8-23-10-12-25-14-16-27-17-15-26-13-11-24-9-7-19(22)29-20(2,3)4/h5-17H2,1-4H3. The second kappa shape index (κ2) is 18.7. The van der Waals surface area contributed by atoms with Crippen LogP contribution in [0.1, 0.15) is 40.5 Å². The summed E-state index contributed by atoms with van der Waals surface area (Å²) in [5.74, 6) is -0.520. The predicted molar refractivity (Wildman–Crippen MR) is 106 cm³/mol. The molecule has 0 unspecified atom stereocenters. The zero-order valence-corrected chi connectivity index (χ0v) is 18.4. The van der Waals surface area contributed by atoms with Gasteiger partial charge in [-0.25, -0.2) is 0 Å². The van der Waals surface area contributed by atoms with Gasteiger partial charge in [0.25, 0.3) is 0 Å². The summed E-state index contributed by atoms with van der Waals surface area (Å²) < 4.78 is 36.6. The molecule has 0 fully saturated rings. The first-order valence-electron chi connectivity index (χ1n) is 10.1. The van der Waals surface area contributed by atoms with Gasteiger partial charge in [0.15, 0.2) is 0 Å². The van der Waals surface area contributed by atoms with Crippen LogP contribution in [0.3, 0.4) is 0 Å². The summed E-state index contributed by atoms with van der Waals surface area (Å²) in [6.07, 6.45) is 0.489. The van der Waals surface area contributed by atoms with Crippen molar-refractivity contribution in [1.29, 1.82) is 0 Å². The first-order chi connectivity index (χ1) is 13.8. The zero-order chi connectivity index (χ0) is 21.8. The summed E-state index contributed by atoms with van der Waals surface area (Å²) in [7, 11) is 0. The number of carbonyl (C=O) groups is 2. The lowest BCUT2D eigenvalue weighted by molar-refractivity contribution is -0.156. The fraction of sp³-hybridized carbons (Fsp3) is 0.900. The zero-order valence-electron chi connectivity index (χ0n) is 18.4. The SMILES string of the molecule is CCOC(=O)CCOCCOCCOCCOCCOCCC(=O)OC(C)(C)C. The number of hydrogen-bond acceptors (Lipinski definition) is 9. The van der Waals surface area contributed by atoms with E-state index in [4.69, 9.17) is 33.2 Å². The normalized spacial score (nSPS) is 11.4. The highest BCUT2D eigenvalue weighted by atomic mass is 16.6. The van der Waals surface area contributed by atoms with Crippen LogP contribution in [-0.2, 0) is 42.7 Å². The van der Waals surface area contributed by atoms with Crippen molar-refractivity contribution in [2.45, 2.75) is 46.1 Å². The maximum atomic E-state index is 11.5. The summed E-state index contributed by atoms with van der Waals surface area (Å²) in [4.78, 5) is 22.5. The number of carbonyl (C=O) groups excluding carboxylic acids is 2. The van der Waals surface area contributed by atoms with Gasteiger partial charge in [-0.15, -0.1) is 0 Å². The fourth-order valence-electron chi connectivity index (χ4n) is 1.92. The van der Waals surface area contributed by atoms with Gasteiger partial charge in [0.05, 0.1) is 85.5 Å². The molecule has 9 heteroatoms. The van der Waals surface area contributed by atoms with E-state index in [1.165, 1.54) is 0 Å². The second-order valence-corrected chi connectivity index (χ2v) is 6.95. The largest absolute Gasteiger partial charge is 0.466 e. The Hall–Kier alpha value is -1.26. The highest BCUT2D eigenvalue weighted by Gasteiger charge is 2.15. The van der Waals surface area contributed by atoms with Crippen LogP contribution in [0, 0.1) is 0 Å². The first-order valence-corrected chi connectivity index (χ1v) is 10.1. The van der Waals surface area contributed by atoms with Crippen LogP contribution in [-0.4, -0.2) is 90.2 Å². The van der Waals surface area contributed by atoms with Crippen molar-refractivity contribution in [2.75, 3.05) is 72.7 Å². The molecule has 0 saturated carbocycles. The lowest BCUT2D eigenvalue weighted by Crippen LogP contribution is -2.24. The fourth-order valence-corrected chi connectivity index (χ4v) is 1.92. The molecule has 0 aromatic rings. The molecule has 0 N–H and O–H groups in total. The summed E-state index contributed by atoms with van der Waals surface area (Å²) in [6, 6.07) is 0.